The minimum Gasteiger partial charge on any atom is -0.493 e. The third kappa shape index (κ3) is 4.51. The van der Waals surface area contributed by atoms with Crippen molar-refractivity contribution < 1.29 is 9.47 Å². The summed E-state index contributed by atoms with van der Waals surface area (Å²) in [6.45, 7) is 0.171. The Hall–Kier alpha value is -2.66. The molecule has 0 bridgehead atoms. The molecule has 0 aliphatic rings. The summed E-state index contributed by atoms with van der Waals surface area (Å²) in [4.78, 5) is 19.3. The van der Waals surface area contributed by atoms with Crippen molar-refractivity contribution in [3.05, 3.63) is 67.9 Å². The van der Waals surface area contributed by atoms with Crippen molar-refractivity contribution in [1.29, 1.82) is 5.26 Å². The van der Waals surface area contributed by atoms with E-state index in [4.69, 9.17) is 32.7 Å². The number of nitrogens with zero attached hydrogens (tertiary/aromatic N) is 2. The van der Waals surface area contributed by atoms with E-state index in [0.29, 0.717) is 32.3 Å². The molecule has 3 aromatic rings. The fraction of sp³-hybridized carbons (Fsp3) is 0.150. The zero-order valence-electron chi connectivity index (χ0n) is 15.5. The van der Waals surface area contributed by atoms with Crippen LogP contribution in [0.1, 0.15) is 11.1 Å². The molecule has 0 amide bonds. The summed E-state index contributed by atoms with van der Waals surface area (Å²) >= 11 is 13.3. The van der Waals surface area contributed by atoms with E-state index in [9.17, 15) is 10.1 Å². The van der Waals surface area contributed by atoms with Crippen LogP contribution in [-0.4, -0.2) is 23.3 Å². The molecule has 0 unspecified atom stereocenters. The number of nitriles is 1. The molecule has 1 N–H and O–H groups in total. The van der Waals surface area contributed by atoms with Gasteiger partial charge >= 0.3 is 0 Å². The molecule has 0 spiro atoms. The van der Waals surface area contributed by atoms with Gasteiger partial charge in [0.2, 0.25) is 0 Å². The predicted octanol–water partition coefficient (Wildman–Crippen LogP) is 4.92. The van der Waals surface area contributed by atoms with Gasteiger partial charge in [0.15, 0.2) is 16.7 Å². The Bertz CT molecular complexity index is 1160. The second-order valence-corrected chi connectivity index (χ2v) is 7.39. The molecular formula is C20H15Cl2N3O3S. The average Bonchev–Trinajstić information content (AvgIpc) is 2.73. The molecule has 2 aromatic carbocycles. The average molecular weight is 448 g/mol. The third-order valence-electron chi connectivity index (χ3n) is 4.02. The zero-order chi connectivity index (χ0) is 21.0. The highest BCUT2D eigenvalue weighted by Gasteiger charge is 2.20. The van der Waals surface area contributed by atoms with E-state index < -0.39 is 5.56 Å². The molecule has 148 valence electrons. The first kappa shape index (κ1) is 21.1. The monoisotopic (exact) mass is 447 g/mol. The quantitative estimate of drug-likeness (QED) is 0.425. The first-order chi connectivity index (χ1) is 14.0. The highest BCUT2D eigenvalue weighted by molar-refractivity contribution is 7.98. The number of aromatic amines is 1. The lowest BCUT2D eigenvalue weighted by Crippen LogP contribution is -2.15. The van der Waals surface area contributed by atoms with Gasteiger partial charge in [0.25, 0.3) is 5.56 Å². The van der Waals surface area contributed by atoms with Crippen molar-refractivity contribution in [3.63, 3.8) is 0 Å². The van der Waals surface area contributed by atoms with Gasteiger partial charge in [-0.3, -0.25) is 4.79 Å². The molecule has 0 saturated heterocycles. The van der Waals surface area contributed by atoms with E-state index in [1.165, 1.54) is 18.9 Å². The fourth-order valence-corrected chi connectivity index (χ4v) is 3.34. The molecule has 0 saturated carbocycles. The maximum Gasteiger partial charge on any atom is 0.270 e. The molecular weight excluding hydrogens is 433 g/mol. The number of aromatic nitrogens is 2. The number of H-pyrrole nitrogens is 1. The number of ether oxygens (including phenoxy) is 2. The van der Waals surface area contributed by atoms with Crippen molar-refractivity contribution in [2.24, 2.45) is 0 Å². The lowest BCUT2D eigenvalue weighted by molar-refractivity contribution is 0.285. The molecule has 9 heteroatoms. The minimum atomic E-state index is -0.514. The number of methoxy groups -OCH3 is 1. The third-order valence-corrected chi connectivity index (χ3v) is 5.34. The number of hydrogen-bond donors (Lipinski definition) is 1. The van der Waals surface area contributed by atoms with Crippen LogP contribution < -0.4 is 15.0 Å². The summed E-state index contributed by atoms with van der Waals surface area (Å²) in [6, 6.07) is 12.3. The van der Waals surface area contributed by atoms with E-state index in [1.54, 1.807) is 42.7 Å². The van der Waals surface area contributed by atoms with Crippen LogP contribution in [0.25, 0.3) is 11.3 Å². The topological polar surface area (TPSA) is 88.0 Å². The van der Waals surface area contributed by atoms with Crippen LogP contribution >= 0.6 is 35.0 Å². The van der Waals surface area contributed by atoms with Crippen LogP contribution in [0.2, 0.25) is 10.0 Å². The van der Waals surface area contributed by atoms with E-state index in [-0.39, 0.29) is 17.9 Å². The second kappa shape index (κ2) is 9.23. The van der Waals surface area contributed by atoms with Crippen LogP contribution in [0, 0.1) is 11.3 Å². The summed E-state index contributed by atoms with van der Waals surface area (Å²) in [5.74, 6) is 0.807. The van der Waals surface area contributed by atoms with Gasteiger partial charge in [0, 0.05) is 5.56 Å². The summed E-state index contributed by atoms with van der Waals surface area (Å²) in [5, 5.41) is 10.7. The van der Waals surface area contributed by atoms with Crippen molar-refractivity contribution >= 4 is 35.0 Å². The highest BCUT2D eigenvalue weighted by atomic mass is 35.5. The smallest absolute Gasteiger partial charge is 0.270 e. The molecule has 6 nitrogen and oxygen atoms in total. The standard InChI is InChI=1S/C20H15Cl2N3O3S/c1-27-16-5-3-4-12(17-13(9-23)19(26)25-20(24-17)29-2)18(16)28-10-11-6-7-14(21)15(22)8-11/h3-8H,10H2,1-2H3,(H,24,25,26). The lowest BCUT2D eigenvalue weighted by Gasteiger charge is -2.16. The summed E-state index contributed by atoms with van der Waals surface area (Å²) < 4.78 is 11.4. The van der Waals surface area contributed by atoms with Crippen molar-refractivity contribution in [1.82, 2.24) is 9.97 Å². The number of thioether (sulfide) groups is 1. The van der Waals surface area contributed by atoms with E-state index >= 15 is 0 Å². The van der Waals surface area contributed by atoms with Gasteiger partial charge in [-0.2, -0.15) is 5.26 Å². The Morgan fingerprint density at radius 1 is 1.24 bits per heavy atom. The number of hydrogen-bond acceptors (Lipinski definition) is 6. The van der Waals surface area contributed by atoms with Gasteiger partial charge in [-0.15, -0.1) is 0 Å². The van der Waals surface area contributed by atoms with Crippen LogP contribution in [0.15, 0.2) is 46.3 Å². The molecule has 3 rings (SSSR count). The number of para-hydroxylation sites is 1. The Kier molecular flexibility index (Phi) is 6.70. The first-order valence-electron chi connectivity index (χ1n) is 8.31. The molecule has 0 fully saturated rings. The molecule has 1 aromatic heterocycles. The van der Waals surface area contributed by atoms with Crippen molar-refractivity contribution in [2.75, 3.05) is 13.4 Å². The van der Waals surface area contributed by atoms with E-state index in [2.05, 4.69) is 9.97 Å². The van der Waals surface area contributed by atoms with Crippen LogP contribution in [-0.2, 0) is 6.61 Å². The van der Waals surface area contributed by atoms with Crippen LogP contribution in [0.3, 0.4) is 0 Å². The SMILES string of the molecule is COc1cccc(-c2nc(SC)[nH]c(=O)c2C#N)c1OCc1ccc(Cl)c(Cl)c1. The largest absolute Gasteiger partial charge is 0.493 e. The van der Waals surface area contributed by atoms with E-state index in [0.717, 1.165) is 5.56 Å². The number of halogens is 2. The fourth-order valence-electron chi connectivity index (χ4n) is 2.64. The number of benzene rings is 2. The second-order valence-electron chi connectivity index (χ2n) is 5.78. The minimum absolute atomic E-state index is 0.101. The molecule has 0 radical (unpaired) electrons. The van der Waals surface area contributed by atoms with Gasteiger partial charge < -0.3 is 14.5 Å². The Morgan fingerprint density at radius 3 is 2.69 bits per heavy atom. The van der Waals surface area contributed by atoms with Crippen LogP contribution in [0.4, 0.5) is 0 Å². The van der Waals surface area contributed by atoms with Crippen LogP contribution in [0.5, 0.6) is 11.5 Å². The van der Waals surface area contributed by atoms with Gasteiger partial charge in [-0.05, 0) is 36.1 Å². The Balaban J connectivity index is 2.10. The Morgan fingerprint density at radius 2 is 2.03 bits per heavy atom. The Labute approximate surface area is 181 Å². The zero-order valence-corrected chi connectivity index (χ0v) is 17.8. The van der Waals surface area contributed by atoms with Crippen molar-refractivity contribution in [3.8, 4) is 28.8 Å². The molecule has 0 aliphatic carbocycles. The van der Waals surface area contributed by atoms with Gasteiger partial charge in [0.05, 0.1) is 17.2 Å². The predicted molar refractivity (Wildman–Crippen MR) is 114 cm³/mol. The maximum atomic E-state index is 12.3. The summed E-state index contributed by atoms with van der Waals surface area (Å²) in [7, 11) is 1.51. The molecule has 0 atom stereocenters. The lowest BCUT2D eigenvalue weighted by atomic mass is 10.1. The highest BCUT2D eigenvalue weighted by Crippen LogP contribution is 2.39. The number of rotatable bonds is 6. The van der Waals surface area contributed by atoms with Crippen molar-refractivity contribution in [2.45, 2.75) is 11.8 Å². The molecule has 29 heavy (non-hydrogen) atoms. The van der Waals surface area contributed by atoms with E-state index in [1.807, 2.05) is 6.07 Å². The summed E-state index contributed by atoms with van der Waals surface area (Å²) in [6.07, 6.45) is 1.78. The number of nitrogens with one attached hydrogen (secondary N) is 1. The van der Waals surface area contributed by atoms with Gasteiger partial charge in [-0.25, -0.2) is 4.98 Å². The molecule has 1 heterocycles. The normalized spacial score (nSPS) is 10.4. The maximum absolute atomic E-state index is 12.3. The van der Waals surface area contributed by atoms with Gasteiger partial charge in [-0.1, -0.05) is 47.1 Å². The molecule has 0 aliphatic heterocycles. The van der Waals surface area contributed by atoms with Gasteiger partial charge in [0.1, 0.15) is 23.9 Å². The first-order valence-corrected chi connectivity index (χ1v) is 10.3. The summed E-state index contributed by atoms with van der Waals surface area (Å²) in [5.41, 5.74) is 0.877.